The molecule has 152 valence electrons. The fourth-order valence-corrected chi connectivity index (χ4v) is 3.30. The maximum atomic E-state index is 12.5. The van der Waals surface area contributed by atoms with Gasteiger partial charge in [0.25, 0.3) is 0 Å². The zero-order chi connectivity index (χ0) is 21.0. The van der Waals surface area contributed by atoms with Crippen molar-refractivity contribution in [1.82, 2.24) is 0 Å². The lowest BCUT2D eigenvalue weighted by atomic mass is 10.1. The molecule has 0 radical (unpaired) electrons. The molecule has 0 N–H and O–H groups in total. The van der Waals surface area contributed by atoms with Crippen molar-refractivity contribution >= 4 is 34.9 Å². The lowest BCUT2D eigenvalue weighted by Crippen LogP contribution is -2.30. The van der Waals surface area contributed by atoms with E-state index in [1.54, 1.807) is 53.4 Å². The van der Waals surface area contributed by atoms with E-state index in [4.69, 9.17) is 21.1 Å². The predicted octanol–water partition coefficient (Wildman–Crippen LogP) is 3.91. The smallest absolute Gasteiger partial charge is 0.312 e. The molecule has 1 aliphatic heterocycles. The summed E-state index contributed by atoms with van der Waals surface area (Å²) in [5, 5.41) is 0.519. The second-order valence-corrected chi connectivity index (χ2v) is 7.22. The number of anilines is 1. The predicted molar refractivity (Wildman–Crippen MR) is 109 cm³/mol. The normalized spacial score (nSPS) is 17.1. The summed E-state index contributed by atoms with van der Waals surface area (Å²) in [5.41, 5.74) is 1.10. The molecule has 0 spiro atoms. The van der Waals surface area contributed by atoms with Gasteiger partial charge >= 0.3 is 5.97 Å². The molecule has 0 bridgehead atoms. The lowest BCUT2D eigenvalue weighted by Gasteiger charge is -2.18. The number of esters is 1. The molecule has 1 heterocycles. The van der Waals surface area contributed by atoms with Crippen LogP contribution in [-0.4, -0.2) is 36.9 Å². The van der Waals surface area contributed by atoms with Crippen LogP contribution in [0.3, 0.4) is 0 Å². The van der Waals surface area contributed by atoms with Gasteiger partial charge in [-0.05, 0) is 62.4 Å². The van der Waals surface area contributed by atoms with E-state index in [1.807, 2.05) is 6.92 Å². The summed E-state index contributed by atoms with van der Waals surface area (Å²) in [6.07, 6.45) is -0.897. The molecule has 1 fully saturated rings. The van der Waals surface area contributed by atoms with Gasteiger partial charge in [-0.3, -0.25) is 14.4 Å². The number of Topliss-reactive ketones (excluding diaryl/α,β-unsaturated/α-hetero) is 1. The third-order valence-corrected chi connectivity index (χ3v) is 4.96. The number of nitrogens with zero attached hydrogens (tertiary/aromatic N) is 1. The van der Waals surface area contributed by atoms with Gasteiger partial charge < -0.3 is 14.4 Å². The quantitative estimate of drug-likeness (QED) is 0.506. The van der Waals surface area contributed by atoms with Crippen LogP contribution in [0.4, 0.5) is 5.69 Å². The maximum Gasteiger partial charge on any atom is 0.312 e. The number of halogens is 1. The largest absolute Gasteiger partial charge is 0.494 e. The van der Waals surface area contributed by atoms with Crippen LogP contribution in [0.5, 0.6) is 5.75 Å². The van der Waals surface area contributed by atoms with Crippen molar-refractivity contribution < 1.29 is 23.9 Å². The molecule has 7 heteroatoms. The van der Waals surface area contributed by atoms with Crippen molar-refractivity contribution in [1.29, 1.82) is 0 Å². The van der Waals surface area contributed by atoms with Gasteiger partial charge in [0.2, 0.25) is 11.7 Å². The van der Waals surface area contributed by atoms with Crippen LogP contribution in [0.1, 0.15) is 30.6 Å². The topological polar surface area (TPSA) is 72.9 Å². The van der Waals surface area contributed by atoms with Gasteiger partial charge in [-0.1, -0.05) is 11.6 Å². The first-order chi connectivity index (χ1) is 13.9. The van der Waals surface area contributed by atoms with Gasteiger partial charge in [-0.2, -0.15) is 0 Å². The van der Waals surface area contributed by atoms with E-state index in [1.165, 1.54) is 6.92 Å². The molecule has 29 heavy (non-hydrogen) atoms. The van der Waals surface area contributed by atoms with Crippen LogP contribution in [0.2, 0.25) is 5.02 Å². The van der Waals surface area contributed by atoms with Crippen molar-refractivity contribution in [3.63, 3.8) is 0 Å². The van der Waals surface area contributed by atoms with E-state index in [-0.39, 0.29) is 24.7 Å². The number of amides is 1. The fraction of sp³-hybridized carbons (Fsp3) is 0.318. The van der Waals surface area contributed by atoms with Crippen molar-refractivity contribution in [2.75, 3.05) is 18.1 Å². The molecule has 2 aromatic carbocycles. The van der Waals surface area contributed by atoms with Crippen molar-refractivity contribution in [3.8, 4) is 5.75 Å². The second kappa shape index (κ2) is 9.09. The highest BCUT2D eigenvalue weighted by atomic mass is 35.5. The summed E-state index contributed by atoms with van der Waals surface area (Å²) in [7, 11) is 0. The Bertz CT molecular complexity index is 894. The van der Waals surface area contributed by atoms with Gasteiger partial charge in [0, 0.05) is 29.2 Å². The summed E-state index contributed by atoms with van der Waals surface area (Å²) in [6.45, 7) is 4.19. The average molecular weight is 416 g/mol. The Morgan fingerprint density at radius 3 is 2.41 bits per heavy atom. The van der Waals surface area contributed by atoms with E-state index in [0.29, 0.717) is 28.6 Å². The van der Waals surface area contributed by atoms with Crippen LogP contribution in [0.15, 0.2) is 48.5 Å². The van der Waals surface area contributed by atoms with Gasteiger partial charge in [0.15, 0.2) is 6.10 Å². The third-order valence-electron chi connectivity index (χ3n) is 4.71. The Balaban J connectivity index is 1.60. The molecule has 1 amide bonds. The minimum atomic E-state index is -0.946. The molecule has 2 aromatic rings. The number of carbonyl (C=O) groups is 3. The molecular weight excluding hydrogens is 394 g/mol. The molecule has 1 saturated heterocycles. The Morgan fingerprint density at radius 1 is 1.14 bits per heavy atom. The highest BCUT2D eigenvalue weighted by molar-refractivity contribution is 6.30. The number of hydrogen-bond acceptors (Lipinski definition) is 5. The molecular formula is C22H22ClNO5. The Labute approximate surface area is 174 Å². The van der Waals surface area contributed by atoms with E-state index < -0.39 is 18.0 Å². The summed E-state index contributed by atoms with van der Waals surface area (Å²) in [4.78, 5) is 38.9. The van der Waals surface area contributed by atoms with Crippen molar-refractivity contribution in [3.05, 3.63) is 59.1 Å². The molecule has 2 atom stereocenters. The van der Waals surface area contributed by atoms with E-state index in [2.05, 4.69) is 0 Å². The summed E-state index contributed by atoms with van der Waals surface area (Å²) >= 11 is 5.83. The number of rotatable bonds is 7. The van der Waals surface area contributed by atoms with E-state index in [0.717, 1.165) is 0 Å². The maximum absolute atomic E-state index is 12.5. The molecule has 0 aliphatic carbocycles. The van der Waals surface area contributed by atoms with Crippen molar-refractivity contribution in [2.45, 2.75) is 26.4 Å². The standard InChI is InChI=1S/C22H22ClNO5/c1-3-28-19-10-8-18(9-11-19)24-13-16(12-20(24)25)22(27)29-14(2)21(26)15-4-6-17(23)7-5-15/h4-11,14,16H,3,12-13H2,1-2H3/t14-,16+/m1/s1. The SMILES string of the molecule is CCOc1ccc(N2C[C@@H](C(=O)O[C@H](C)C(=O)c3ccc(Cl)cc3)CC2=O)cc1. The zero-order valence-electron chi connectivity index (χ0n) is 16.3. The Kier molecular flexibility index (Phi) is 6.54. The zero-order valence-corrected chi connectivity index (χ0v) is 17.0. The van der Waals surface area contributed by atoms with Gasteiger partial charge in [0.1, 0.15) is 5.75 Å². The number of ether oxygens (including phenoxy) is 2. The summed E-state index contributed by atoms with van der Waals surface area (Å²) in [5.74, 6) is -0.931. The van der Waals surface area contributed by atoms with Gasteiger partial charge in [-0.25, -0.2) is 0 Å². The molecule has 1 aliphatic rings. The minimum Gasteiger partial charge on any atom is -0.494 e. The van der Waals surface area contributed by atoms with Gasteiger partial charge in [-0.15, -0.1) is 0 Å². The summed E-state index contributed by atoms with van der Waals surface area (Å²) in [6, 6.07) is 13.5. The van der Waals surface area contributed by atoms with E-state index >= 15 is 0 Å². The van der Waals surface area contributed by atoms with Gasteiger partial charge in [0.05, 0.1) is 12.5 Å². The highest BCUT2D eigenvalue weighted by Crippen LogP contribution is 2.28. The Morgan fingerprint density at radius 2 is 1.79 bits per heavy atom. The first-order valence-electron chi connectivity index (χ1n) is 9.42. The molecule has 6 nitrogen and oxygen atoms in total. The van der Waals surface area contributed by atoms with Crippen LogP contribution in [0, 0.1) is 5.92 Å². The molecule has 3 rings (SSSR count). The lowest BCUT2D eigenvalue weighted by molar-refractivity contribution is -0.151. The molecule has 0 aromatic heterocycles. The van der Waals surface area contributed by atoms with Crippen LogP contribution in [-0.2, 0) is 14.3 Å². The highest BCUT2D eigenvalue weighted by Gasteiger charge is 2.37. The third kappa shape index (κ3) is 4.95. The molecule has 0 unspecified atom stereocenters. The van der Waals surface area contributed by atoms with E-state index in [9.17, 15) is 14.4 Å². The summed E-state index contributed by atoms with van der Waals surface area (Å²) < 4.78 is 10.7. The minimum absolute atomic E-state index is 0.0495. The average Bonchev–Trinajstić information content (AvgIpc) is 3.10. The van der Waals surface area contributed by atoms with Crippen LogP contribution >= 0.6 is 11.6 Å². The van der Waals surface area contributed by atoms with Crippen LogP contribution in [0.25, 0.3) is 0 Å². The second-order valence-electron chi connectivity index (χ2n) is 6.78. The van der Waals surface area contributed by atoms with Crippen LogP contribution < -0.4 is 9.64 Å². The monoisotopic (exact) mass is 415 g/mol. The number of carbonyl (C=O) groups excluding carboxylic acids is 3. The molecule has 0 saturated carbocycles. The Hall–Kier alpha value is -2.86. The number of benzene rings is 2. The number of hydrogen-bond donors (Lipinski definition) is 0. The van der Waals surface area contributed by atoms with Crippen molar-refractivity contribution in [2.24, 2.45) is 5.92 Å². The first kappa shape index (κ1) is 20.9. The fourth-order valence-electron chi connectivity index (χ4n) is 3.18. The number of ketones is 1. The first-order valence-corrected chi connectivity index (χ1v) is 9.80.